The van der Waals surface area contributed by atoms with E-state index in [2.05, 4.69) is 13.8 Å². The van der Waals surface area contributed by atoms with Gasteiger partial charge < -0.3 is 4.90 Å². The van der Waals surface area contributed by atoms with Gasteiger partial charge in [0.05, 0.1) is 0 Å². The Morgan fingerprint density at radius 2 is 2.07 bits per heavy atom. The summed E-state index contributed by atoms with van der Waals surface area (Å²) in [5.74, 6) is 1.18. The molecule has 2 nitrogen and oxygen atoms in total. The zero-order valence-electron chi connectivity index (χ0n) is 9.63. The minimum Gasteiger partial charge on any atom is -0.338 e. The minimum atomic E-state index is 0.241. The molecule has 15 heavy (non-hydrogen) atoms. The molecule has 0 radical (unpaired) electrons. The number of carbonyl (C=O) groups is 1. The fraction of sp³-hybridized carbons (Fsp3) is 0.917. The van der Waals surface area contributed by atoms with Crippen LogP contribution in [0, 0.1) is 11.3 Å². The van der Waals surface area contributed by atoms with Gasteiger partial charge in [-0.05, 0) is 31.1 Å². The van der Waals surface area contributed by atoms with E-state index in [-0.39, 0.29) is 11.3 Å². The first kappa shape index (κ1) is 11.3. The molecule has 2 aliphatic carbocycles. The van der Waals surface area contributed by atoms with Crippen LogP contribution in [0.1, 0.15) is 39.5 Å². The molecular formula is C12H20ClNO. The summed E-state index contributed by atoms with van der Waals surface area (Å²) in [6.45, 7) is 5.09. The van der Waals surface area contributed by atoms with Gasteiger partial charge in [-0.3, -0.25) is 4.79 Å². The predicted octanol–water partition coefficient (Wildman–Crippen LogP) is 2.65. The summed E-state index contributed by atoms with van der Waals surface area (Å²) in [6, 6.07) is 0.493. The highest BCUT2D eigenvalue weighted by atomic mass is 35.5. The SMILES string of the molecule is CC1(C)CC1C(=O)N(CCCl)C1CCC1. The fourth-order valence-corrected chi connectivity index (χ4v) is 2.53. The van der Waals surface area contributed by atoms with Crippen molar-refractivity contribution in [1.82, 2.24) is 4.90 Å². The van der Waals surface area contributed by atoms with Crippen LogP contribution in [-0.4, -0.2) is 29.3 Å². The molecule has 0 aromatic carbocycles. The van der Waals surface area contributed by atoms with Crippen LogP contribution in [0.25, 0.3) is 0 Å². The van der Waals surface area contributed by atoms with E-state index < -0.39 is 0 Å². The summed E-state index contributed by atoms with van der Waals surface area (Å²) < 4.78 is 0. The number of amides is 1. The molecule has 0 saturated heterocycles. The number of hydrogen-bond donors (Lipinski definition) is 0. The van der Waals surface area contributed by atoms with Crippen molar-refractivity contribution in [3.8, 4) is 0 Å². The first-order valence-electron chi connectivity index (χ1n) is 5.93. The Labute approximate surface area is 97.0 Å². The van der Waals surface area contributed by atoms with Gasteiger partial charge in [-0.2, -0.15) is 0 Å². The Hall–Kier alpha value is -0.240. The van der Waals surface area contributed by atoms with E-state index >= 15 is 0 Å². The van der Waals surface area contributed by atoms with Crippen LogP contribution in [0.15, 0.2) is 0 Å². The summed E-state index contributed by atoms with van der Waals surface area (Å²) in [4.78, 5) is 14.3. The second kappa shape index (κ2) is 3.97. The van der Waals surface area contributed by atoms with Crippen LogP contribution >= 0.6 is 11.6 Å². The van der Waals surface area contributed by atoms with E-state index in [9.17, 15) is 4.79 Å². The van der Waals surface area contributed by atoms with Crippen molar-refractivity contribution in [1.29, 1.82) is 0 Å². The summed E-state index contributed by atoms with van der Waals surface area (Å²) in [5.41, 5.74) is 0.241. The highest BCUT2D eigenvalue weighted by Crippen LogP contribution is 2.53. The second-order valence-corrected chi connectivity index (χ2v) is 5.93. The number of nitrogens with zero attached hydrogens (tertiary/aromatic N) is 1. The first-order chi connectivity index (χ1) is 7.06. The molecule has 0 bridgehead atoms. The summed E-state index contributed by atoms with van der Waals surface area (Å²) in [5, 5.41) is 0. The molecule has 0 aliphatic heterocycles. The summed E-state index contributed by atoms with van der Waals surface area (Å²) >= 11 is 5.77. The van der Waals surface area contributed by atoms with Crippen molar-refractivity contribution in [3.63, 3.8) is 0 Å². The first-order valence-corrected chi connectivity index (χ1v) is 6.46. The van der Waals surface area contributed by atoms with E-state index in [1.807, 2.05) is 4.90 Å². The molecule has 1 amide bonds. The molecule has 0 aromatic rings. The van der Waals surface area contributed by atoms with Gasteiger partial charge in [-0.15, -0.1) is 11.6 Å². The van der Waals surface area contributed by atoms with Crippen molar-refractivity contribution >= 4 is 17.5 Å². The lowest BCUT2D eigenvalue weighted by molar-refractivity contribution is -0.137. The number of halogens is 1. The third-order valence-electron chi connectivity index (χ3n) is 3.94. The maximum atomic E-state index is 12.2. The molecule has 86 valence electrons. The Bertz CT molecular complexity index is 260. The molecule has 0 heterocycles. The van der Waals surface area contributed by atoms with Crippen molar-refractivity contribution in [2.45, 2.75) is 45.6 Å². The Kier molecular flexibility index (Phi) is 2.98. The smallest absolute Gasteiger partial charge is 0.226 e. The third-order valence-corrected chi connectivity index (χ3v) is 4.10. The number of alkyl halides is 1. The summed E-state index contributed by atoms with van der Waals surface area (Å²) in [6.07, 6.45) is 4.67. The van der Waals surface area contributed by atoms with Crippen molar-refractivity contribution in [2.75, 3.05) is 12.4 Å². The molecule has 0 aromatic heterocycles. The normalized spacial score (nSPS) is 28.3. The maximum absolute atomic E-state index is 12.2. The van der Waals surface area contributed by atoms with Crippen LogP contribution in [0.5, 0.6) is 0 Å². The Balaban J connectivity index is 1.95. The molecule has 3 heteroatoms. The Morgan fingerprint density at radius 1 is 1.47 bits per heavy atom. The fourth-order valence-electron chi connectivity index (χ4n) is 2.35. The number of rotatable bonds is 4. The van der Waals surface area contributed by atoms with Gasteiger partial charge >= 0.3 is 0 Å². The molecule has 0 spiro atoms. The minimum absolute atomic E-state index is 0.241. The average Bonchev–Trinajstić information content (AvgIpc) is 2.70. The molecular weight excluding hydrogens is 210 g/mol. The lowest BCUT2D eigenvalue weighted by Gasteiger charge is -2.37. The van der Waals surface area contributed by atoms with Crippen LogP contribution < -0.4 is 0 Å². The van der Waals surface area contributed by atoms with E-state index in [1.165, 1.54) is 19.3 Å². The number of hydrogen-bond acceptors (Lipinski definition) is 1. The molecule has 1 unspecified atom stereocenters. The van der Waals surface area contributed by atoms with E-state index in [0.717, 1.165) is 13.0 Å². The van der Waals surface area contributed by atoms with Crippen LogP contribution in [0.4, 0.5) is 0 Å². The lowest BCUT2D eigenvalue weighted by atomic mass is 9.91. The van der Waals surface area contributed by atoms with E-state index in [0.29, 0.717) is 17.8 Å². The van der Waals surface area contributed by atoms with Gasteiger partial charge in [0.2, 0.25) is 5.91 Å². The topological polar surface area (TPSA) is 20.3 Å². The largest absolute Gasteiger partial charge is 0.338 e. The molecule has 2 aliphatic rings. The van der Waals surface area contributed by atoms with E-state index in [4.69, 9.17) is 11.6 Å². The van der Waals surface area contributed by atoms with Gasteiger partial charge in [0.1, 0.15) is 0 Å². The van der Waals surface area contributed by atoms with Gasteiger partial charge in [0.15, 0.2) is 0 Å². The molecule has 2 rings (SSSR count). The zero-order chi connectivity index (χ0) is 11.1. The molecule has 2 saturated carbocycles. The quantitative estimate of drug-likeness (QED) is 0.679. The van der Waals surface area contributed by atoms with E-state index in [1.54, 1.807) is 0 Å². The monoisotopic (exact) mass is 229 g/mol. The molecule has 0 N–H and O–H groups in total. The standard InChI is InChI=1S/C12H20ClNO/c1-12(2)8-10(12)11(15)14(7-6-13)9-4-3-5-9/h9-10H,3-8H2,1-2H3. The molecule has 1 atom stereocenters. The van der Waals surface area contributed by atoms with Crippen LogP contribution in [-0.2, 0) is 4.79 Å². The van der Waals surface area contributed by atoms with Gasteiger partial charge in [0.25, 0.3) is 0 Å². The van der Waals surface area contributed by atoms with Gasteiger partial charge in [-0.25, -0.2) is 0 Å². The maximum Gasteiger partial charge on any atom is 0.226 e. The van der Waals surface area contributed by atoms with Crippen LogP contribution in [0.2, 0.25) is 0 Å². The highest BCUT2D eigenvalue weighted by Gasteiger charge is 2.52. The summed E-state index contributed by atoms with van der Waals surface area (Å²) in [7, 11) is 0. The average molecular weight is 230 g/mol. The highest BCUT2D eigenvalue weighted by molar-refractivity contribution is 6.18. The zero-order valence-corrected chi connectivity index (χ0v) is 10.4. The lowest BCUT2D eigenvalue weighted by Crippen LogP contribution is -2.46. The molecule has 2 fully saturated rings. The van der Waals surface area contributed by atoms with Crippen molar-refractivity contribution < 1.29 is 4.79 Å². The van der Waals surface area contributed by atoms with Crippen molar-refractivity contribution in [2.24, 2.45) is 11.3 Å². The third kappa shape index (κ3) is 2.15. The predicted molar refractivity (Wildman–Crippen MR) is 62.0 cm³/mol. The Morgan fingerprint density at radius 3 is 2.40 bits per heavy atom. The van der Waals surface area contributed by atoms with Gasteiger partial charge in [0, 0.05) is 24.4 Å². The van der Waals surface area contributed by atoms with Gasteiger partial charge in [-0.1, -0.05) is 13.8 Å². The number of carbonyl (C=O) groups excluding carboxylic acids is 1. The second-order valence-electron chi connectivity index (χ2n) is 5.55. The van der Waals surface area contributed by atoms with Crippen molar-refractivity contribution in [3.05, 3.63) is 0 Å². The van der Waals surface area contributed by atoms with Crippen LogP contribution in [0.3, 0.4) is 0 Å².